The van der Waals surface area contributed by atoms with Gasteiger partial charge in [-0.2, -0.15) is 5.26 Å². The zero-order valence-corrected chi connectivity index (χ0v) is 17.0. The van der Waals surface area contributed by atoms with Crippen LogP contribution >= 0.6 is 15.9 Å². The lowest BCUT2D eigenvalue weighted by atomic mass is 9.96. The minimum Gasteiger partial charge on any atom is -0.493 e. The number of aromatic nitrogens is 1. The number of hydrogen-bond acceptors (Lipinski definition) is 5. The maximum absolute atomic E-state index is 9.73. The van der Waals surface area contributed by atoms with E-state index in [-0.39, 0.29) is 11.1 Å². The van der Waals surface area contributed by atoms with Gasteiger partial charge in [-0.15, -0.1) is 0 Å². The molecule has 0 bridgehead atoms. The average molecular weight is 438 g/mol. The monoisotopic (exact) mass is 437 g/mol. The Labute approximate surface area is 169 Å². The first kappa shape index (κ1) is 18.1. The zero-order valence-electron chi connectivity index (χ0n) is 15.5. The number of methoxy groups -OCH3 is 2. The van der Waals surface area contributed by atoms with Crippen LogP contribution in [0.3, 0.4) is 0 Å². The summed E-state index contributed by atoms with van der Waals surface area (Å²) in [5, 5.41) is 19.7. The van der Waals surface area contributed by atoms with Crippen molar-refractivity contribution in [2.75, 3.05) is 14.2 Å². The molecule has 0 atom stereocenters. The molecule has 0 aliphatic heterocycles. The molecule has 2 aromatic carbocycles. The summed E-state index contributed by atoms with van der Waals surface area (Å²) in [5.41, 5.74) is 2.91. The normalized spacial score (nSPS) is 11.0. The molecular weight excluding hydrogens is 422 g/mol. The SMILES string of the molecule is COc1cc(-c2c(C#N)c(=N)oc3c2ccc2c3ccn2C)cc(Br)c1OC. The topological polar surface area (TPSA) is 84.2 Å². The zero-order chi connectivity index (χ0) is 20.0. The first-order valence-corrected chi connectivity index (χ1v) is 9.20. The predicted molar refractivity (Wildman–Crippen MR) is 110 cm³/mol. The van der Waals surface area contributed by atoms with Crippen LogP contribution < -0.4 is 15.0 Å². The van der Waals surface area contributed by atoms with Crippen LogP contribution in [0.5, 0.6) is 11.5 Å². The third kappa shape index (κ3) is 2.57. The molecule has 6 nitrogen and oxygen atoms in total. The molecule has 0 saturated heterocycles. The van der Waals surface area contributed by atoms with E-state index in [1.807, 2.05) is 42.1 Å². The lowest BCUT2D eigenvalue weighted by molar-refractivity contribution is 0.353. The second kappa shape index (κ2) is 6.73. The van der Waals surface area contributed by atoms with Crippen LogP contribution in [0.2, 0.25) is 0 Å². The first-order chi connectivity index (χ1) is 13.5. The Kier molecular flexibility index (Phi) is 4.36. The van der Waals surface area contributed by atoms with Crippen LogP contribution in [-0.4, -0.2) is 18.8 Å². The van der Waals surface area contributed by atoms with Gasteiger partial charge in [0.25, 0.3) is 0 Å². The van der Waals surface area contributed by atoms with Crippen LogP contribution in [-0.2, 0) is 7.05 Å². The Morgan fingerprint density at radius 2 is 1.93 bits per heavy atom. The fourth-order valence-electron chi connectivity index (χ4n) is 3.50. The Hall–Kier alpha value is -3.24. The quantitative estimate of drug-likeness (QED) is 0.502. The molecule has 0 fully saturated rings. The van der Waals surface area contributed by atoms with Gasteiger partial charge in [-0.1, -0.05) is 0 Å². The fraction of sp³-hybridized carbons (Fsp3) is 0.143. The van der Waals surface area contributed by atoms with Crippen LogP contribution in [0.1, 0.15) is 5.56 Å². The summed E-state index contributed by atoms with van der Waals surface area (Å²) in [4.78, 5) is 0. The Bertz CT molecular complexity index is 1350. The van der Waals surface area contributed by atoms with E-state index in [0.29, 0.717) is 27.1 Å². The summed E-state index contributed by atoms with van der Waals surface area (Å²) in [6, 6.07) is 11.6. The molecule has 0 unspecified atom stereocenters. The Balaban J connectivity index is 2.17. The van der Waals surface area contributed by atoms with E-state index in [1.165, 1.54) is 0 Å². The molecule has 28 heavy (non-hydrogen) atoms. The Morgan fingerprint density at radius 1 is 1.14 bits per heavy atom. The van der Waals surface area contributed by atoms with Crippen molar-refractivity contribution in [2.45, 2.75) is 0 Å². The molecule has 0 saturated carbocycles. The summed E-state index contributed by atoms with van der Waals surface area (Å²) in [5.74, 6) is 1.09. The summed E-state index contributed by atoms with van der Waals surface area (Å²) in [6.07, 6.45) is 1.94. The third-order valence-corrected chi connectivity index (χ3v) is 5.39. The van der Waals surface area contributed by atoms with Gasteiger partial charge in [0.15, 0.2) is 11.5 Å². The minimum atomic E-state index is -0.174. The molecule has 4 rings (SSSR count). The molecule has 2 aromatic heterocycles. The number of ether oxygens (including phenoxy) is 2. The fourth-order valence-corrected chi connectivity index (χ4v) is 4.11. The second-order valence-corrected chi connectivity index (χ2v) is 7.14. The smallest absolute Gasteiger partial charge is 0.230 e. The van der Waals surface area contributed by atoms with Gasteiger partial charge in [-0.3, -0.25) is 5.41 Å². The van der Waals surface area contributed by atoms with Gasteiger partial charge in [0.05, 0.1) is 24.2 Å². The highest BCUT2D eigenvalue weighted by atomic mass is 79.9. The van der Waals surface area contributed by atoms with E-state index in [0.717, 1.165) is 21.9 Å². The van der Waals surface area contributed by atoms with Crippen molar-refractivity contribution >= 4 is 37.8 Å². The van der Waals surface area contributed by atoms with E-state index >= 15 is 0 Å². The van der Waals surface area contributed by atoms with E-state index < -0.39 is 0 Å². The number of benzene rings is 2. The van der Waals surface area contributed by atoms with Crippen LogP contribution in [0.4, 0.5) is 0 Å². The van der Waals surface area contributed by atoms with Crippen molar-refractivity contribution < 1.29 is 13.9 Å². The molecule has 7 heteroatoms. The average Bonchev–Trinajstić information content (AvgIpc) is 3.07. The number of nitrogens with one attached hydrogen (secondary N) is 1. The van der Waals surface area contributed by atoms with E-state index in [4.69, 9.17) is 19.3 Å². The molecule has 0 aliphatic rings. The van der Waals surface area contributed by atoms with Crippen LogP contribution in [0.15, 0.2) is 45.4 Å². The summed E-state index contributed by atoms with van der Waals surface area (Å²) in [7, 11) is 5.07. The molecule has 0 amide bonds. The van der Waals surface area contributed by atoms with Crippen molar-refractivity contribution in [3.8, 4) is 28.7 Å². The number of nitriles is 1. The molecule has 1 N–H and O–H groups in total. The highest BCUT2D eigenvalue weighted by Crippen LogP contribution is 2.42. The lowest BCUT2D eigenvalue weighted by Crippen LogP contribution is -2.07. The molecule has 2 heterocycles. The third-order valence-electron chi connectivity index (χ3n) is 4.80. The number of fused-ring (bicyclic) bond motifs is 3. The first-order valence-electron chi connectivity index (χ1n) is 8.41. The summed E-state index contributed by atoms with van der Waals surface area (Å²) >= 11 is 3.51. The van der Waals surface area contributed by atoms with Crippen molar-refractivity contribution in [3.63, 3.8) is 0 Å². The van der Waals surface area contributed by atoms with Crippen molar-refractivity contribution in [1.82, 2.24) is 4.57 Å². The van der Waals surface area contributed by atoms with Crippen molar-refractivity contribution in [3.05, 3.63) is 52.1 Å². The van der Waals surface area contributed by atoms with Gasteiger partial charge in [0.2, 0.25) is 5.55 Å². The van der Waals surface area contributed by atoms with Gasteiger partial charge in [0, 0.05) is 29.6 Å². The number of halogens is 1. The minimum absolute atomic E-state index is 0.168. The van der Waals surface area contributed by atoms with Crippen molar-refractivity contribution in [2.24, 2.45) is 7.05 Å². The highest BCUT2D eigenvalue weighted by molar-refractivity contribution is 9.10. The van der Waals surface area contributed by atoms with Crippen molar-refractivity contribution in [1.29, 1.82) is 10.7 Å². The number of aryl methyl sites for hydroxylation is 1. The van der Waals surface area contributed by atoms with Gasteiger partial charge < -0.3 is 18.5 Å². The lowest BCUT2D eigenvalue weighted by Gasteiger charge is -2.14. The van der Waals surface area contributed by atoms with Gasteiger partial charge in [-0.25, -0.2) is 0 Å². The molecule has 0 spiro atoms. The standard InChI is InChI=1S/C21H16BrN3O3/c1-25-7-6-12-16(25)5-4-13-18(14(10-23)21(24)28-19(12)13)11-8-15(22)20(27-3)17(9-11)26-2/h4-9,24H,1-3H3. The summed E-state index contributed by atoms with van der Waals surface area (Å²) in [6.45, 7) is 0. The van der Waals surface area contributed by atoms with Gasteiger partial charge in [-0.05, 0) is 51.8 Å². The molecular formula is C21H16BrN3O3. The van der Waals surface area contributed by atoms with Gasteiger partial charge in [0.1, 0.15) is 17.2 Å². The highest BCUT2D eigenvalue weighted by Gasteiger charge is 2.20. The maximum atomic E-state index is 9.73. The summed E-state index contributed by atoms with van der Waals surface area (Å²) < 4.78 is 19.3. The number of nitrogens with zero attached hydrogens (tertiary/aromatic N) is 2. The predicted octanol–water partition coefficient (Wildman–Crippen LogP) is 4.72. The largest absolute Gasteiger partial charge is 0.493 e. The Morgan fingerprint density at radius 3 is 2.61 bits per heavy atom. The molecule has 0 radical (unpaired) electrons. The van der Waals surface area contributed by atoms with E-state index in [1.54, 1.807) is 20.3 Å². The van der Waals surface area contributed by atoms with Crippen LogP contribution in [0.25, 0.3) is 33.0 Å². The number of rotatable bonds is 3. The molecule has 0 aliphatic carbocycles. The van der Waals surface area contributed by atoms with E-state index in [2.05, 4.69) is 22.0 Å². The van der Waals surface area contributed by atoms with Crippen LogP contribution in [0, 0.1) is 16.7 Å². The molecule has 140 valence electrons. The second-order valence-electron chi connectivity index (χ2n) is 6.29. The van der Waals surface area contributed by atoms with E-state index in [9.17, 15) is 5.26 Å². The maximum Gasteiger partial charge on any atom is 0.230 e. The molecule has 4 aromatic rings. The van der Waals surface area contributed by atoms with Gasteiger partial charge >= 0.3 is 0 Å². The number of hydrogen-bond donors (Lipinski definition) is 1.